The summed E-state index contributed by atoms with van der Waals surface area (Å²) < 4.78 is 11.7. The van der Waals surface area contributed by atoms with Crippen LogP contribution in [0.15, 0.2) is 78.2 Å². The third-order valence-electron chi connectivity index (χ3n) is 6.18. The number of anilines is 1. The number of aryl methyl sites for hydroxylation is 2. The Balaban J connectivity index is 1.53. The summed E-state index contributed by atoms with van der Waals surface area (Å²) >= 11 is 0.802. The van der Waals surface area contributed by atoms with E-state index in [4.69, 9.17) is 9.47 Å². The maximum Gasteiger partial charge on any atom is 0.294 e. The van der Waals surface area contributed by atoms with Crippen molar-refractivity contribution >= 4 is 40.6 Å². The van der Waals surface area contributed by atoms with Gasteiger partial charge in [0.1, 0.15) is 13.2 Å². The van der Waals surface area contributed by atoms with Gasteiger partial charge < -0.3 is 14.8 Å². The minimum Gasteiger partial charge on any atom is -0.493 e. The molecule has 0 radical (unpaired) electrons. The number of nitrogens with zero attached hydrogens (tertiary/aromatic N) is 1. The van der Waals surface area contributed by atoms with Gasteiger partial charge in [-0.05, 0) is 72.5 Å². The molecule has 0 bridgehead atoms. The SMILES string of the molecule is C=CCc1cc(/C=C2\SC(=O)N(CC(=O)Nc3c(C)cccc3C)C2=O)cc(OC)c1OCc1ccccc1. The lowest BCUT2D eigenvalue weighted by Crippen LogP contribution is -2.36. The fraction of sp³-hybridized carbons (Fsp3) is 0.194. The number of allylic oxidation sites excluding steroid dienone is 1. The third-order valence-corrected chi connectivity index (χ3v) is 7.09. The van der Waals surface area contributed by atoms with Gasteiger partial charge in [0.15, 0.2) is 11.5 Å². The number of thioether (sulfide) groups is 1. The maximum atomic E-state index is 13.1. The van der Waals surface area contributed by atoms with E-state index in [1.54, 1.807) is 25.3 Å². The predicted molar refractivity (Wildman–Crippen MR) is 155 cm³/mol. The number of hydrogen-bond acceptors (Lipinski definition) is 6. The van der Waals surface area contributed by atoms with Crippen molar-refractivity contribution in [2.24, 2.45) is 0 Å². The van der Waals surface area contributed by atoms with Gasteiger partial charge in [-0.1, -0.05) is 54.6 Å². The maximum absolute atomic E-state index is 13.1. The van der Waals surface area contributed by atoms with E-state index < -0.39 is 17.1 Å². The zero-order valence-corrected chi connectivity index (χ0v) is 23.0. The highest BCUT2D eigenvalue weighted by molar-refractivity contribution is 8.18. The summed E-state index contributed by atoms with van der Waals surface area (Å²) in [5.74, 6) is 0.138. The van der Waals surface area contributed by atoms with Crippen LogP contribution in [0.2, 0.25) is 0 Å². The molecule has 1 saturated heterocycles. The molecule has 0 spiro atoms. The number of hydrogen-bond donors (Lipinski definition) is 1. The molecule has 7 nitrogen and oxygen atoms in total. The second kappa shape index (κ2) is 12.5. The van der Waals surface area contributed by atoms with Gasteiger partial charge in [0.05, 0.1) is 12.0 Å². The second-order valence-corrected chi connectivity index (χ2v) is 10.1. The Morgan fingerprint density at radius 2 is 1.77 bits per heavy atom. The Bertz CT molecular complexity index is 1430. The standard InChI is InChI=1S/C31H30N2O5S/c1-5-10-24-15-23(16-25(37-4)29(24)38-19-22-13-7-6-8-14-22)17-26-30(35)33(31(36)39-26)18-27(34)32-28-20(2)11-9-12-21(28)3/h5-9,11-17H,1,10,18-19H2,2-4H3,(H,32,34)/b26-17-. The summed E-state index contributed by atoms with van der Waals surface area (Å²) in [5.41, 5.74) is 5.00. The number of carbonyl (C=O) groups is 3. The van der Waals surface area contributed by atoms with Crippen molar-refractivity contribution in [3.05, 3.63) is 106 Å². The molecule has 1 fully saturated rings. The number of benzene rings is 3. The molecule has 1 aliphatic rings. The monoisotopic (exact) mass is 542 g/mol. The number of ether oxygens (including phenoxy) is 2. The normalized spacial score (nSPS) is 14.0. The largest absolute Gasteiger partial charge is 0.493 e. The van der Waals surface area contributed by atoms with Gasteiger partial charge in [0.2, 0.25) is 5.91 Å². The van der Waals surface area contributed by atoms with Crippen LogP contribution in [0.1, 0.15) is 27.8 Å². The van der Waals surface area contributed by atoms with E-state index in [1.807, 2.05) is 68.4 Å². The molecule has 3 aromatic rings. The van der Waals surface area contributed by atoms with Crippen LogP contribution in [0.25, 0.3) is 6.08 Å². The first-order chi connectivity index (χ1) is 18.8. The molecule has 0 saturated carbocycles. The lowest BCUT2D eigenvalue weighted by molar-refractivity contribution is -0.127. The second-order valence-electron chi connectivity index (χ2n) is 9.06. The lowest BCUT2D eigenvalue weighted by atomic mass is 10.0. The van der Waals surface area contributed by atoms with Crippen molar-refractivity contribution in [1.82, 2.24) is 4.90 Å². The molecule has 3 amide bonds. The minimum absolute atomic E-state index is 0.226. The van der Waals surface area contributed by atoms with Gasteiger partial charge >= 0.3 is 0 Å². The van der Waals surface area contributed by atoms with Crippen molar-refractivity contribution in [2.75, 3.05) is 19.0 Å². The van der Waals surface area contributed by atoms with Crippen LogP contribution in [0.4, 0.5) is 10.5 Å². The minimum atomic E-state index is -0.518. The molecule has 0 atom stereocenters. The number of methoxy groups -OCH3 is 1. The summed E-state index contributed by atoms with van der Waals surface area (Å²) in [4.78, 5) is 39.6. The Kier molecular flexibility index (Phi) is 8.88. The summed E-state index contributed by atoms with van der Waals surface area (Å²) in [6, 6.07) is 19.1. The topological polar surface area (TPSA) is 84.9 Å². The summed E-state index contributed by atoms with van der Waals surface area (Å²) in [6.45, 7) is 7.62. The van der Waals surface area contributed by atoms with Gasteiger partial charge in [-0.15, -0.1) is 6.58 Å². The van der Waals surface area contributed by atoms with Gasteiger partial charge in [0.25, 0.3) is 11.1 Å². The summed E-state index contributed by atoms with van der Waals surface area (Å²) in [7, 11) is 1.55. The van der Waals surface area contributed by atoms with Gasteiger partial charge in [-0.3, -0.25) is 19.3 Å². The van der Waals surface area contributed by atoms with Crippen LogP contribution in [0, 0.1) is 13.8 Å². The Morgan fingerprint density at radius 1 is 1.05 bits per heavy atom. The number of nitrogens with one attached hydrogen (secondary N) is 1. The molecule has 39 heavy (non-hydrogen) atoms. The zero-order valence-electron chi connectivity index (χ0n) is 22.2. The molecule has 0 aromatic heterocycles. The number of imide groups is 1. The van der Waals surface area contributed by atoms with Crippen LogP contribution in [-0.4, -0.2) is 35.6 Å². The summed E-state index contributed by atoms with van der Waals surface area (Å²) in [5, 5.41) is 2.33. The molecule has 3 aromatic carbocycles. The number of amides is 3. The first-order valence-electron chi connectivity index (χ1n) is 12.4. The van der Waals surface area contributed by atoms with Crippen molar-refractivity contribution in [3.8, 4) is 11.5 Å². The van der Waals surface area contributed by atoms with Gasteiger partial charge in [-0.2, -0.15) is 0 Å². The average Bonchev–Trinajstić information content (AvgIpc) is 3.17. The van der Waals surface area contributed by atoms with E-state index in [-0.39, 0.29) is 11.4 Å². The van der Waals surface area contributed by atoms with E-state index in [9.17, 15) is 14.4 Å². The van der Waals surface area contributed by atoms with Crippen molar-refractivity contribution in [2.45, 2.75) is 26.9 Å². The number of carbonyl (C=O) groups excluding carboxylic acids is 3. The summed E-state index contributed by atoms with van der Waals surface area (Å²) in [6.07, 6.45) is 3.91. The molecule has 1 N–H and O–H groups in total. The third kappa shape index (κ3) is 6.59. The molecular weight excluding hydrogens is 512 g/mol. The smallest absolute Gasteiger partial charge is 0.294 e. The number of rotatable bonds is 10. The first-order valence-corrected chi connectivity index (χ1v) is 13.2. The zero-order chi connectivity index (χ0) is 27.9. The number of para-hydroxylation sites is 1. The first kappa shape index (κ1) is 27.7. The lowest BCUT2D eigenvalue weighted by Gasteiger charge is -2.16. The van der Waals surface area contributed by atoms with Crippen LogP contribution < -0.4 is 14.8 Å². The average molecular weight is 543 g/mol. The molecule has 8 heteroatoms. The molecule has 200 valence electrons. The predicted octanol–water partition coefficient (Wildman–Crippen LogP) is 6.29. The molecule has 1 heterocycles. The highest BCUT2D eigenvalue weighted by Crippen LogP contribution is 2.37. The highest BCUT2D eigenvalue weighted by atomic mass is 32.2. The Labute approximate surface area is 232 Å². The molecular formula is C31H30N2O5S. The van der Waals surface area contributed by atoms with Crippen LogP contribution in [0.3, 0.4) is 0 Å². The van der Waals surface area contributed by atoms with E-state index in [0.29, 0.717) is 35.8 Å². The van der Waals surface area contributed by atoms with Crippen LogP contribution >= 0.6 is 11.8 Å². The van der Waals surface area contributed by atoms with Gasteiger partial charge in [-0.25, -0.2) is 0 Å². The quantitative estimate of drug-likeness (QED) is 0.239. The molecule has 0 unspecified atom stereocenters. The molecule has 0 aliphatic carbocycles. The van der Waals surface area contributed by atoms with Crippen molar-refractivity contribution < 1.29 is 23.9 Å². The Hall–Kier alpha value is -4.30. The van der Waals surface area contributed by atoms with E-state index in [1.165, 1.54) is 0 Å². The van der Waals surface area contributed by atoms with Crippen molar-refractivity contribution in [3.63, 3.8) is 0 Å². The van der Waals surface area contributed by atoms with E-state index >= 15 is 0 Å². The highest BCUT2D eigenvalue weighted by Gasteiger charge is 2.36. The molecule has 4 rings (SSSR count). The van der Waals surface area contributed by atoms with Crippen LogP contribution in [0.5, 0.6) is 11.5 Å². The molecule has 1 aliphatic heterocycles. The van der Waals surface area contributed by atoms with E-state index in [2.05, 4.69) is 11.9 Å². The van der Waals surface area contributed by atoms with E-state index in [0.717, 1.165) is 38.9 Å². The van der Waals surface area contributed by atoms with Crippen LogP contribution in [-0.2, 0) is 22.6 Å². The van der Waals surface area contributed by atoms with Gasteiger partial charge in [0, 0.05) is 11.3 Å². The fourth-order valence-corrected chi connectivity index (χ4v) is 5.08. The Morgan fingerprint density at radius 3 is 2.44 bits per heavy atom. The fourth-order valence-electron chi connectivity index (χ4n) is 4.24. The van der Waals surface area contributed by atoms with Crippen molar-refractivity contribution in [1.29, 1.82) is 0 Å².